The molecule has 0 unspecified atom stereocenters. The van der Waals surface area contributed by atoms with Gasteiger partial charge in [0.25, 0.3) is 0 Å². The highest BCUT2D eigenvalue weighted by molar-refractivity contribution is 5.93. The summed E-state index contributed by atoms with van der Waals surface area (Å²) in [5, 5.41) is 8.85. The number of carbonyl (C=O) groups excluding carboxylic acids is 1. The first-order valence-corrected chi connectivity index (χ1v) is 6.24. The quantitative estimate of drug-likeness (QED) is 0.869. The molecule has 5 heteroatoms. The largest absolute Gasteiger partial charge is 0.439 e. The van der Waals surface area contributed by atoms with Crippen LogP contribution in [0.2, 0.25) is 0 Å². The standard InChI is InChI=1S/C15H16N2O3/c1-10-8-12(15(16)19)9-14(17-10)20-13-4-2-11(3-5-13)6-7-18/h2-5,8-9,18H,6-7H2,1H3,(H2,16,19). The lowest BCUT2D eigenvalue weighted by Crippen LogP contribution is -2.11. The molecular weight excluding hydrogens is 256 g/mol. The van der Waals surface area contributed by atoms with Crippen LogP contribution in [-0.2, 0) is 6.42 Å². The Bertz CT molecular complexity index is 609. The molecule has 5 nitrogen and oxygen atoms in total. The van der Waals surface area contributed by atoms with Crippen LogP contribution in [0, 0.1) is 6.92 Å². The molecule has 0 saturated heterocycles. The number of amides is 1. The molecule has 0 bridgehead atoms. The third-order valence-corrected chi connectivity index (χ3v) is 2.76. The van der Waals surface area contributed by atoms with Crippen LogP contribution >= 0.6 is 0 Å². The molecule has 0 aliphatic rings. The SMILES string of the molecule is Cc1cc(C(N)=O)cc(Oc2ccc(CCO)cc2)n1. The average molecular weight is 272 g/mol. The maximum atomic E-state index is 11.2. The van der Waals surface area contributed by atoms with Crippen LogP contribution in [0.5, 0.6) is 11.6 Å². The normalized spacial score (nSPS) is 10.3. The van der Waals surface area contributed by atoms with Crippen LogP contribution < -0.4 is 10.5 Å². The first-order chi connectivity index (χ1) is 9.58. The minimum absolute atomic E-state index is 0.113. The number of hydrogen-bond acceptors (Lipinski definition) is 4. The van der Waals surface area contributed by atoms with Gasteiger partial charge in [0.05, 0.1) is 0 Å². The molecule has 0 fully saturated rings. The van der Waals surface area contributed by atoms with Crippen molar-refractivity contribution in [2.45, 2.75) is 13.3 Å². The van der Waals surface area contributed by atoms with Gasteiger partial charge in [0, 0.05) is 23.9 Å². The Morgan fingerprint density at radius 1 is 1.30 bits per heavy atom. The van der Waals surface area contributed by atoms with E-state index in [9.17, 15) is 4.79 Å². The van der Waals surface area contributed by atoms with Crippen molar-refractivity contribution in [2.75, 3.05) is 6.61 Å². The van der Waals surface area contributed by atoms with Crippen LogP contribution in [0.15, 0.2) is 36.4 Å². The fraction of sp³-hybridized carbons (Fsp3) is 0.200. The second kappa shape index (κ2) is 6.16. The van der Waals surface area contributed by atoms with E-state index in [4.69, 9.17) is 15.6 Å². The lowest BCUT2D eigenvalue weighted by molar-refractivity contribution is 0.0999. The molecule has 0 spiro atoms. The average Bonchev–Trinajstić information content (AvgIpc) is 2.40. The van der Waals surface area contributed by atoms with E-state index >= 15 is 0 Å². The molecule has 1 aromatic heterocycles. The lowest BCUT2D eigenvalue weighted by atomic mass is 10.1. The minimum atomic E-state index is -0.515. The molecule has 0 aliphatic heterocycles. The molecular formula is C15H16N2O3. The molecule has 1 heterocycles. The van der Waals surface area contributed by atoms with Gasteiger partial charge in [-0.25, -0.2) is 4.98 Å². The summed E-state index contributed by atoms with van der Waals surface area (Å²) in [5.41, 5.74) is 7.30. The van der Waals surface area contributed by atoms with E-state index in [-0.39, 0.29) is 6.61 Å². The maximum absolute atomic E-state index is 11.2. The molecule has 0 atom stereocenters. The number of pyridine rings is 1. The van der Waals surface area contributed by atoms with Gasteiger partial charge in [-0.2, -0.15) is 0 Å². The monoisotopic (exact) mass is 272 g/mol. The molecule has 0 radical (unpaired) electrons. The molecule has 3 N–H and O–H groups in total. The number of aliphatic hydroxyl groups excluding tert-OH is 1. The summed E-state index contributed by atoms with van der Waals surface area (Å²) < 4.78 is 5.60. The van der Waals surface area contributed by atoms with Crippen LogP contribution in [0.25, 0.3) is 0 Å². The predicted octanol–water partition coefficient (Wildman–Crippen LogP) is 1.82. The van der Waals surface area contributed by atoms with Crippen molar-refractivity contribution in [1.29, 1.82) is 0 Å². The Labute approximate surface area is 117 Å². The summed E-state index contributed by atoms with van der Waals surface area (Å²) in [7, 11) is 0. The molecule has 104 valence electrons. The van der Waals surface area contributed by atoms with Crippen LogP contribution in [-0.4, -0.2) is 22.6 Å². The zero-order valence-corrected chi connectivity index (χ0v) is 11.2. The molecule has 1 aromatic carbocycles. The third-order valence-electron chi connectivity index (χ3n) is 2.76. The van der Waals surface area contributed by atoms with Crippen molar-refractivity contribution >= 4 is 5.91 Å². The number of ether oxygens (including phenoxy) is 1. The van der Waals surface area contributed by atoms with Crippen molar-refractivity contribution in [2.24, 2.45) is 5.73 Å². The van der Waals surface area contributed by atoms with E-state index in [1.165, 1.54) is 6.07 Å². The Morgan fingerprint density at radius 3 is 2.60 bits per heavy atom. The summed E-state index contributed by atoms with van der Waals surface area (Å²) in [5.74, 6) is 0.424. The van der Waals surface area contributed by atoms with E-state index in [0.29, 0.717) is 29.3 Å². The van der Waals surface area contributed by atoms with Gasteiger partial charge in [0.2, 0.25) is 11.8 Å². The van der Waals surface area contributed by atoms with Crippen molar-refractivity contribution in [3.63, 3.8) is 0 Å². The van der Waals surface area contributed by atoms with E-state index in [0.717, 1.165) is 5.56 Å². The van der Waals surface area contributed by atoms with Gasteiger partial charge in [-0.05, 0) is 37.1 Å². The number of nitrogens with zero attached hydrogens (tertiary/aromatic N) is 1. The molecule has 2 aromatic rings. The van der Waals surface area contributed by atoms with E-state index in [2.05, 4.69) is 4.98 Å². The second-order valence-corrected chi connectivity index (χ2v) is 4.42. The van der Waals surface area contributed by atoms with Gasteiger partial charge in [-0.3, -0.25) is 4.79 Å². The summed E-state index contributed by atoms with van der Waals surface area (Å²) in [4.78, 5) is 15.4. The zero-order valence-electron chi connectivity index (χ0n) is 11.2. The molecule has 1 amide bonds. The molecule has 0 saturated carbocycles. The minimum Gasteiger partial charge on any atom is -0.439 e. The summed E-state index contributed by atoms with van der Waals surface area (Å²) in [6.07, 6.45) is 0.606. The number of benzene rings is 1. The first kappa shape index (κ1) is 14.0. The first-order valence-electron chi connectivity index (χ1n) is 6.24. The number of nitrogens with two attached hydrogens (primary N) is 1. The van der Waals surface area contributed by atoms with Gasteiger partial charge >= 0.3 is 0 Å². The van der Waals surface area contributed by atoms with Crippen molar-refractivity contribution in [1.82, 2.24) is 4.98 Å². The van der Waals surface area contributed by atoms with Gasteiger partial charge < -0.3 is 15.6 Å². The van der Waals surface area contributed by atoms with E-state index in [1.54, 1.807) is 25.1 Å². The second-order valence-electron chi connectivity index (χ2n) is 4.42. The summed E-state index contributed by atoms with van der Waals surface area (Å²) in [6, 6.07) is 10.4. The molecule has 0 aliphatic carbocycles. The Balaban J connectivity index is 2.19. The number of hydrogen-bond donors (Lipinski definition) is 2. The Hall–Kier alpha value is -2.40. The fourth-order valence-corrected chi connectivity index (χ4v) is 1.81. The van der Waals surface area contributed by atoms with E-state index < -0.39 is 5.91 Å². The molecule has 2 rings (SSSR count). The lowest BCUT2D eigenvalue weighted by Gasteiger charge is -2.07. The zero-order chi connectivity index (χ0) is 14.5. The van der Waals surface area contributed by atoms with Crippen LogP contribution in [0.1, 0.15) is 21.6 Å². The van der Waals surface area contributed by atoms with Crippen LogP contribution in [0.3, 0.4) is 0 Å². The number of aromatic nitrogens is 1. The number of primary amides is 1. The van der Waals surface area contributed by atoms with Gasteiger partial charge in [-0.15, -0.1) is 0 Å². The van der Waals surface area contributed by atoms with Gasteiger partial charge in [0.15, 0.2) is 0 Å². The number of aryl methyl sites for hydroxylation is 1. The predicted molar refractivity (Wildman–Crippen MR) is 74.8 cm³/mol. The molecule has 20 heavy (non-hydrogen) atoms. The summed E-state index contributed by atoms with van der Waals surface area (Å²) in [6.45, 7) is 1.88. The van der Waals surface area contributed by atoms with Gasteiger partial charge in [-0.1, -0.05) is 12.1 Å². The number of aliphatic hydroxyl groups is 1. The number of rotatable bonds is 5. The van der Waals surface area contributed by atoms with Crippen molar-refractivity contribution in [3.8, 4) is 11.6 Å². The number of carbonyl (C=O) groups is 1. The highest BCUT2D eigenvalue weighted by atomic mass is 16.5. The highest BCUT2D eigenvalue weighted by Crippen LogP contribution is 2.21. The smallest absolute Gasteiger partial charge is 0.248 e. The maximum Gasteiger partial charge on any atom is 0.248 e. The fourth-order valence-electron chi connectivity index (χ4n) is 1.81. The Kier molecular flexibility index (Phi) is 4.32. The highest BCUT2D eigenvalue weighted by Gasteiger charge is 2.07. The summed E-state index contributed by atoms with van der Waals surface area (Å²) >= 11 is 0. The third kappa shape index (κ3) is 3.55. The Morgan fingerprint density at radius 2 is 2.00 bits per heavy atom. The van der Waals surface area contributed by atoms with Crippen LogP contribution in [0.4, 0.5) is 0 Å². The topological polar surface area (TPSA) is 85.4 Å². The van der Waals surface area contributed by atoms with E-state index in [1.807, 2.05) is 12.1 Å². The van der Waals surface area contributed by atoms with Crippen molar-refractivity contribution < 1.29 is 14.6 Å². The van der Waals surface area contributed by atoms with Gasteiger partial charge in [0.1, 0.15) is 5.75 Å². The van der Waals surface area contributed by atoms with Crippen molar-refractivity contribution in [3.05, 3.63) is 53.2 Å².